The highest BCUT2D eigenvalue weighted by atomic mass is 35.5. The van der Waals surface area contributed by atoms with Gasteiger partial charge in [-0.1, -0.05) is 36.6 Å². The summed E-state index contributed by atoms with van der Waals surface area (Å²) < 4.78 is 0. The van der Waals surface area contributed by atoms with Crippen molar-refractivity contribution in [1.82, 2.24) is 4.90 Å². The van der Waals surface area contributed by atoms with E-state index in [1.165, 1.54) is 19.3 Å². The number of carboxylic acids is 1. The summed E-state index contributed by atoms with van der Waals surface area (Å²) in [5.41, 5.74) is 1.11. The number of carbonyl (C=O) groups is 1. The molecule has 20 heavy (non-hydrogen) atoms. The van der Waals surface area contributed by atoms with Gasteiger partial charge in [-0.2, -0.15) is 0 Å². The molecule has 108 valence electrons. The minimum absolute atomic E-state index is 0.331. The first-order chi connectivity index (χ1) is 9.65. The summed E-state index contributed by atoms with van der Waals surface area (Å²) in [6.07, 6.45) is 5.59. The lowest BCUT2D eigenvalue weighted by Crippen LogP contribution is -2.41. The molecule has 0 spiro atoms. The van der Waals surface area contributed by atoms with Gasteiger partial charge in [0.1, 0.15) is 6.04 Å². The van der Waals surface area contributed by atoms with Crippen LogP contribution in [-0.2, 0) is 11.3 Å². The zero-order valence-electron chi connectivity index (χ0n) is 11.5. The smallest absolute Gasteiger partial charge is 0.320 e. The number of rotatable bonds is 3. The van der Waals surface area contributed by atoms with Crippen molar-refractivity contribution in [2.24, 2.45) is 5.92 Å². The molecule has 4 heteroatoms. The van der Waals surface area contributed by atoms with E-state index >= 15 is 0 Å². The Morgan fingerprint density at radius 1 is 1.35 bits per heavy atom. The van der Waals surface area contributed by atoms with Gasteiger partial charge in [-0.15, -0.1) is 0 Å². The van der Waals surface area contributed by atoms with Crippen molar-refractivity contribution >= 4 is 17.6 Å². The number of nitrogens with zero attached hydrogens (tertiary/aromatic N) is 1. The lowest BCUT2D eigenvalue weighted by molar-refractivity contribution is -0.142. The van der Waals surface area contributed by atoms with E-state index < -0.39 is 5.97 Å². The van der Waals surface area contributed by atoms with Crippen molar-refractivity contribution in [1.29, 1.82) is 0 Å². The summed E-state index contributed by atoms with van der Waals surface area (Å²) >= 11 is 6.03. The molecule has 3 atom stereocenters. The fraction of sp³-hybridized carbons (Fsp3) is 0.562. The van der Waals surface area contributed by atoms with Gasteiger partial charge < -0.3 is 5.11 Å². The van der Waals surface area contributed by atoms with Gasteiger partial charge in [-0.05, 0) is 42.9 Å². The van der Waals surface area contributed by atoms with Gasteiger partial charge in [0.25, 0.3) is 0 Å². The van der Waals surface area contributed by atoms with Crippen LogP contribution < -0.4 is 0 Å². The molecular formula is C16H20ClNO2. The molecular weight excluding hydrogens is 274 g/mol. The normalized spacial score (nSPS) is 30.1. The van der Waals surface area contributed by atoms with Gasteiger partial charge in [-0.25, -0.2) is 0 Å². The second-order valence-corrected chi connectivity index (χ2v) is 6.44. The van der Waals surface area contributed by atoms with Crippen LogP contribution in [0.15, 0.2) is 24.3 Å². The lowest BCUT2D eigenvalue weighted by atomic mass is 9.84. The minimum Gasteiger partial charge on any atom is -0.480 e. The highest BCUT2D eigenvalue weighted by molar-refractivity contribution is 6.30. The largest absolute Gasteiger partial charge is 0.480 e. The fourth-order valence-electron chi connectivity index (χ4n) is 3.87. The molecule has 1 saturated heterocycles. The Kier molecular flexibility index (Phi) is 3.99. The number of carboxylic acid groups (broad SMARTS) is 1. The molecule has 1 aromatic carbocycles. The highest BCUT2D eigenvalue weighted by Crippen LogP contribution is 2.40. The summed E-state index contributed by atoms with van der Waals surface area (Å²) in [5, 5.41) is 10.2. The molecule has 0 bridgehead atoms. The van der Waals surface area contributed by atoms with E-state index in [9.17, 15) is 9.90 Å². The van der Waals surface area contributed by atoms with Crippen LogP contribution in [0.5, 0.6) is 0 Å². The number of likely N-dealkylation sites (tertiary alicyclic amines) is 1. The predicted octanol–water partition coefficient (Wildman–Crippen LogP) is 3.56. The van der Waals surface area contributed by atoms with E-state index in [1.807, 2.05) is 24.3 Å². The minimum atomic E-state index is -0.679. The number of hydrogen-bond donors (Lipinski definition) is 1. The van der Waals surface area contributed by atoms with E-state index in [2.05, 4.69) is 4.90 Å². The maximum absolute atomic E-state index is 11.5. The topological polar surface area (TPSA) is 40.5 Å². The third-order valence-corrected chi connectivity index (χ3v) is 5.00. The van der Waals surface area contributed by atoms with E-state index in [0.29, 0.717) is 23.5 Å². The van der Waals surface area contributed by atoms with Crippen molar-refractivity contribution < 1.29 is 9.90 Å². The summed E-state index contributed by atoms with van der Waals surface area (Å²) in [7, 11) is 0. The quantitative estimate of drug-likeness (QED) is 0.926. The van der Waals surface area contributed by atoms with Gasteiger partial charge in [0.05, 0.1) is 0 Å². The van der Waals surface area contributed by atoms with Gasteiger partial charge in [0.15, 0.2) is 0 Å². The Bertz CT molecular complexity index is 505. The monoisotopic (exact) mass is 293 g/mol. The lowest BCUT2D eigenvalue weighted by Gasteiger charge is -2.33. The Labute approximate surface area is 124 Å². The van der Waals surface area contributed by atoms with Crippen LogP contribution in [0.3, 0.4) is 0 Å². The van der Waals surface area contributed by atoms with E-state index in [4.69, 9.17) is 11.6 Å². The van der Waals surface area contributed by atoms with Crippen LogP contribution in [0.25, 0.3) is 0 Å². The number of aliphatic carboxylic acids is 1. The molecule has 0 unspecified atom stereocenters. The average molecular weight is 294 g/mol. The Morgan fingerprint density at radius 2 is 2.15 bits per heavy atom. The van der Waals surface area contributed by atoms with Gasteiger partial charge in [0.2, 0.25) is 0 Å². The molecule has 1 aromatic rings. The number of hydrogen-bond acceptors (Lipinski definition) is 2. The predicted molar refractivity (Wildman–Crippen MR) is 78.8 cm³/mol. The first-order valence-electron chi connectivity index (χ1n) is 7.38. The maximum Gasteiger partial charge on any atom is 0.320 e. The number of halogens is 1. The molecule has 1 N–H and O–H groups in total. The third kappa shape index (κ3) is 2.70. The molecule has 2 fully saturated rings. The Hall–Kier alpha value is -1.06. The standard InChI is InChI=1S/C16H20ClNO2/c17-13-6-3-4-11(8-13)10-18-14-7-2-1-5-12(14)9-15(18)16(19)20/h3-4,6,8,12,14-15H,1-2,5,7,9-10H2,(H,19,20)/t12-,14+,15-/m0/s1. The Morgan fingerprint density at radius 3 is 2.90 bits per heavy atom. The van der Waals surface area contributed by atoms with E-state index in [1.54, 1.807) is 0 Å². The van der Waals surface area contributed by atoms with Crippen molar-refractivity contribution in [3.8, 4) is 0 Å². The summed E-state index contributed by atoms with van der Waals surface area (Å²) in [6.45, 7) is 0.693. The van der Waals surface area contributed by atoms with E-state index in [-0.39, 0.29) is 6.04 Å². The molecule has 2 aliphatic rings. The van der Waals surface area contributed by atoms with Gasteiger partial charge in [0, 0.05) is 17.6 Å². The SMILES string of the molecule is O=C(O)[C@@H]1C[C@@H]2CCCC[C@H]2N1Cc1cccc(Cl)c1. The second-order valence-electron chi connectivity index (χ2n) is 6.00. The first kappa shape index (κ1) is 13.9. The molecule has 0 radical (unpaired) electrons. The van der Waals surface area contributed by atoms with Crippen LogP contribution in [0, 0.1) is 5.92 Å². The maximum atomic E-state index is 11.5. The molecule has 1 heterocycles. The Balaban J connectivity index is 1.82. The van der Waals surface area contributed by atoms with Crippen LogP contribution in [0.1, 0.15) is 37.7 Å². The molecule has 0 amide bonds. The molecule has 3 rings (SSSR count). The molecule has 1 aliphatic heterocycles. The zero-order valence-corrected chi connectivity index (χ0v) is 12.2. The molecule has 0 aromatic heterocycles. The third-order valence-electron chi connectivity index (χ3n) is 4.76. The summed E-state index contributed by atoms with van der Waals surface area (Å²) in [6, 6.07) is 7.86. The fourth-order valence-corrected chi connectivity index (χ4v) is 4.08. The van der Waals surface area contributed by atoms with Crippen molar-refractivity contribution in [3.05, 3.63) is 34.9 Å². The molecule has 3 nitrogen and oxygen atoms in total. The van der Waals surface area contributed by atoms with Crippen molar-refractivity contribution in [3.63, 3.8) is 0 Å². The molecule has 1 aliphatic carbocycles. The first-order valence-corrected chi connectivity index (χ1v) is 7.76. The summed E-state index contributed by atoms with van der Waals surface area (Å²) in [4.78, 5) is 13.7. The van der Waals surface area contributed by atoms with Crippen LogP contribution in [-0.4, -0.2) is 28.1 Å². The number of benzene rings is 1. The summed E-state index contributed by atoms with van der Waals surface area (Å²) in [5.74, 6) is -0.120. The van der Waals surface area contributed by atoms with Gasteiger partial charge >= 0.3 is 5.97 Å². The average Bonchev–Trinajstić information content (AvgIpc) is 2.78. The van der Waals surface area contributed by atoms with E-state index in [0.717, 1.165) is 18.4 Å². The zero-order chi connectivity index (χ0) is 14.1. The van der Waals surface area contributed by atoms with Crippen LogP contribution >= 0.6 is 11.6 Å². The van der Waals surface area contributed by atoms with Crippen molar-refractivity contribution in [2.75, 3.05) is 0 Å². The van der Waals surface area contributed by atoms with Gasteiger partial charge in [-0.3, -0.25) is 9.69 Å². The van der Waals surface area contributed by atoms with Crippen molar-refractivity contribution in [2.45, 2.75) is 50.7 Å². The molecule has 1 saturated carbocycles. The van der Waals surface area contributed by atoms with Crippen LogP contribution in [0.4, 0.5) is 0 Å². The second kappa shape index (κ2) is 5.74. The van der Waals surface area contributed by atoms with Crippen LogP contribution in [0.2, 0.25) is 5.02 Å². The highest BCUT2D eigenvalue weighted by Gasteiger charge is 2.44. The number of fused-ring (bicyclic) bond motifs is 1.